The van der Waals surface area contributed by atoms with Crippen molar-refractivity contribution >= 4 is 5.91 Å². The first kappa shape index (κ1) is 18.4. The minimum Gasteiger partial charge on any atom is -0.378 e. The molecule has 140 valence electrons. The molecule has 2 saturated heterocycles. The second kappa shape index (κ2) is 7.87. The molecule has 2 aliphatic heterocycles. The van der Waals surface area contributed by atoms with E-state index in [4.69, 9.17) is 4.74 Å². The van der Waals surface area contributed by atoms with Crippen molar-refractivity contribution in [3.05, 3.63) is 17.0 Å². The van der Waals surface area contributed by atoms with Gasteiger partial charge in [-0.25, -0.2) is 0 Å². The number of morpholine rings is 1. The van der Waals surface area contributed by atoms with Crippen molar-refractivity contribution in [2.75, 3.05) is 32.8 Å². The van der Waals surface area contributed by atoms with Crippen LogP contribution in [0.2, 0.25) is 0 Å². The first-order valence-electron chi connectivity index (χ1n) is 9.63. The van der Waals surface area contributed by atoms with Crippen LogP contribution in [0, 0.1) is 20.8 Å². The predicted octanol–water partition coefficient (Wildman–Crippen LogP) is 1.91. The van der Waals surface area contributed by atoms with Crippen molar-refractivity contribution in [2.45, 2.75) is 65.6 Å². The number of aryl methyl sites for hydroxylation is 2. The van der Waals surface area contributed by atoms with Crippen LogP contribution in [-0.4, -0.2) is 70.4 Å². The summed E-state index contributed by atoms with van der Waals surface area (Å²) in [5, 5.41) is 4.54. The highest BCUT2D eigenvalue weighted by Crippen LogP contribution is 2.22. The Hall–Kier alpha value is -1.40. The van der Waals surface area contributed by atoms with Crippen molar-refractivity contribution in [1.29, 1.82) is 0 Å². The molecule has 2 fully saturated rings. The Kier molecular flexibility index (Phi) is 5.79. The number of hydrogen-bond donors (Lipinski definition) is 0. The standard InChI is InChI=1S/C19H32N4O2/c1-5-6-17-12-25-13-18-11-21(9-10-22(17)18)19(24)7-8-23-16(4)14(2)15(3)20-23/h17-18H,5-13H2,1-4H3/t17-,18+/m0/s1. The summed E-state index contributed by atoms with van der Waals surface area (Å²) in [6, 6.07) is 0.887. The van der Waals surface area contributed by atoms with E-state index in [1.165, 1.54) is 24.1 Å². The smallest absolute Gasteiger partial charge is 0.224 e. The van der Waals surface area contributed by atoms with Crippen molar-refractivity contribution < 1.29 is 9.53 Å². The van der Waals surface area contributed by atoms with E-state index in [1.807, 2.05) is 16.5 Å². The van der Waals surface area contributed by atoms with Gasteiger partial charge in [-0.3, -0.25) is 14.4 Å². The third-order valence-corrected chi connectivity index (χ3v) is 5.87. The summed E-state index contributed by atoms with van der Waals surface area (Å²) in [7, 11) is 0. The monoisotopic (exact) mass is 348 g/mol. The second-order valence-electron chi connectivity index (χ2n) is 7.48. The molecule has 0 unspecified atom stereocenters. The van der Waals surface area contributed by atoms with E-state index in [9.17, 15) is 4.79 Å². The quantitative estimate of drug-likeness (QED) is 0.816. The lowest BCUT2D eigenvalue weighted by Gasteiger charge is -2.48. The first-order chi connectivity index (χ1) is 12.0. The molecule has 0 aliphatic carbocycles. The van der Waals surface area contributed by atoms with Crippen molar-refractivity contribution in [1.82, 2.24) is 19.6 Å². The molecule has 2 aliphatic rings. The fourth-order valence-electron chi connectivity index (χ4n) is 4.11. The average Bonchev–Trinajstić information content (AvgIpc) is 2.86. The number of piperazine rings is 1. The van der Waals surface area contributed by atoms with Crippen LogP contribution < -0.4 is 0 Å². The molecule has 0 saturated carbocycles. The lowest BCUT2D eigenvalue weighted by Crippen LogP contribution is -2.62. The van der Waals surface area contributed by atoms with Gasteiger partial charge in [-0.05, 0) is 32.8 Å². The van der Waals surface area contributed by atoms with Crippen LogP contribution in [0.1, 0.15) is 43.1 Å². The van der Waals surface area contributed by atoms with Gasteiger partial charge in [0, 0.05) is 44.3 Å². The van der Waals surface area contributed by atoms with Crippen LogP contribution in [0.15, 0.2) is 0 Å². The zero-order chi connectivity index (χ0) is 18.0. The molecule has 25 heavy (non-hydrogen) atoms. The number of ether oxygens (including phenoxy) is 1. The van der Waals surface area contributed by atoms with Crippen LogP contribution >= 0.6 is 0 Å². The Labute approximate surface area is 151 Å². The zero-order valence-corrected chi connectivity index (χ0v) is 16.1. The average molecular weight is 348 g/mol. The number of rotatable bonds is 5. The Morgan fingerprint density at radius 2 is 2.04 bits per heavy atom. The van der Waals surface area contributed by atoms with E-state index < -0.39 is 0 Å². The Morgan fingerprint density at radius 3 is 2.72 bits per heavy atom. The minimum atomic E-state index is 0.238. The summed E-state index contributed by atoms with van der Waals surface area (Å²) in [5.74, 6) is 0.238. The van der Waals surface area contributed by atoms with Crippen molar-refractivity contribution in [2.24, 2.45) is 0 Å². The molecule has 0 spiro atoms. The first-order valence-corrected chi connectivity index (χ1v) is 9.63. The van der Waals surface area contributed by atoms with Gasteiger partial charge in [-0.2, -0.15) is 5.10 Å². The summed E-state index contributed by atoms with van der Waals surface area (Å²) in [6.45, 7) is 13.3. The maximum Gasteiger partial charge on any atom is 0.224 e. The van der Waals surface area contributed by atoms with Crippen LogP contribution in [0.5, 0.6) is 0 Å². The fraction of sp³-hybridized carbons (Fsp3) is 0.789. The van der Waals surface area contributed by atoms with E-state index in [-0.39, 0.29) is 5.91 Å². The predicted molar refractivity (Wildman–Crippen MR) is 97.6 cm³/mol. The molecular weight excluding hydrogens is 316 g/mol. The number of carbonyl (C=O) groups is 1. The number of carbonyl (C=O) groups excluding carboxylic acids is 1. The van der Waals surface area contributed by atoms with Gasteiger partial charge >= 0.3 is 0 Å². The van der Waals surface area contributed by atoms with E-state index in [2.05, 4.69) is 30.8 Å². The third kappa shape index (κ3) is 3.90. The Balaban J connectivity index is 1.54. The number of aromatic nitrogens is 2. The molecule has 1 amide bonds. The molecule has 6 heteroatoms. The number of nitrogens with zero attached hydrogens (tertiary/aromatic N) is 4. The minimum absolute atomic E-state index is 0.238. The van der Waals surface area contributed by atoms with Gasteiger partial charge in [0.15, 0.2) is 0 Å². The van der Waals surface area contributed by atoms with Gasteiger partial charge in [-0.1, -0.05) is 13.3 Å². The maximum atomic E-state index is 12.7. The summed E-state index contributed by atoms with van der Waals surface area (Å²) in [6.07, 6.45) is 2.89. The SMILES string of the molecule is CCC[C@H]1COC[C@H]2CN(C(=O)CCn3nc(C)c(C)c3C)CCN12. The zero-order valence-electron chi connectivity index (χ0n) is 16.1. The highest BCUT2D eigenvalue weighted by Gasteiger charge is 2.36. The van der Waals surface area contributed by atoms with Gasteiger partial charge in [0.05, 0.1) is 24.9 Å². The summed E-state index contributed by atoms with van der Waals surface area (Å²) < 4.78 is 7.77. The Bertz CT molecular complexity index is 611. The normalized spacial score (nSPS) is 24.4. The number of amides is 1. The molecule has 0 bridgehead atoms. The molecule has 3 rings (SSSR count). The number of fused-ring (bicyclic) bond motifs is 1. The van der Waals surface area contributed by atoms with E-state index in [0.29, 0.717) is 25.0 Å². The van der Waals surface area contributed by atoms with Crippen LogP contribution in [0.25, 0.3) is 0 Å². The van der Waals surface area contributed by atoms with Gasteiger partial charge in [-0.15, -0.1) is 0 Å². The van der Waals surface area contributed by atoms with E-state index in [0.717, 1.165) is 38.5 Å². The van der Waals surface area contributed by atoms with Gasteiger partial charge in [0.1, 0.15) is 0 Å². The summed E-state index contributed by atoms with van der Waals surface area (Å²) >= 11 is 0. The highest BCUT2D eigenvalue weighted by atomic mass is 16.5. The van der Waals surface area contributed by atoms with Crippen LogP contribution in [0.3, 0.4) is 0 Å². The summed E-state index contributed by atoms with van der Waals surface area (Å²) in [5.41, 5.74) is 3.44. The van der Waals surface area contributed by atoms with Crippen molar-refractivity contribution in [3.8, 4) is 0 Å². The molecule has 3 heterocycles. The third-order valence-electron chi connectivity index (χ3n) is 5.87. The molecule has 1 aromatic rings. The second-order valence-corrected chi connectivity index (χ2v) is 7.48. The van der Waals surface area contributed by atoms with Crippen LogP contribution in [0.4, 0.5) is 0 Å². The topological polar surface area (TPSA) is 50.6 Å². The van der Waals surface area contributed by atoms with Gasteiger partial charge < -0.3 is 9.64 Å². The fourth-order valence-corrected chi connectivity index (χ4v) is 4.11. The molecular formula is C19H32N4O2. The molecule has 2 atom stereocenters. The summed E-state index contributed by atoms with van der Waals surface area (Å²) in [4.78, 5) is 17.3. The lowest BCUT2D eigenvalue weighted by atomic mass is 10.0. The molecule has 0 N–H and O–H groups in total. The van der Waals surface area contributed by atoms with Crippen molar-refractivity contribution in [3.63, 3.8) is 0 Å². The Morgan fingerprint density at radius 1 is 1.24 bits per heavy atom. The molecule has 0 aromatic carbocycles. The van der Waals surface area contributed by atoms with Gasteiger partial charge in [0.2, 0.25) is 5.91 Å². The van der Waals surface area contributed by atoms with Gasteiger partial charge in [0.25, 0.3) is 0 Å². The molecule has 1 aromatic heterocycles. The number of hydrogen-bond acceptors (Lipinski definition) is 4. The van der Waals surface area contributed by atoms with Crippen LogP contribution in [-0.2, 0) is 16.1 Å². The van der Waals surface area contributed by atoms with E-state index in [1.54, 1.807) is 0 Å². The maximum absolute atomic E-state index is 12.7. The van der Waals surface area contributed by atoms with E-state index >= 15 is 0 Å². The highest BCUT2D eigenvalue weighted by molar-refractivity contribution is 5.76. The molecule has 0 radical (unpaired) electrons. The molecule has 6 nitrogen and oxygen atoms in total. The largest absolute Gasteiger partial charge is 0.378 e. The lowest BCUT2D eigenvalue weighted by molar-refractivity contribution is -0.140.